The average Bonchev–Trinajstić information content (AvgIpc) is 2.47. The highest BCUT2D eigenvalue weighted by atomic mass is 35.5. The predicted molar refractivity (Wildman–Crippen MR) is 57.6 cm³/mol. The summed E-state index contributed by atoms with van der Waals surface area (Å²) in [5, 5.41) is 0.710. The van der Waals surface area contributed by atoms with Crippen molar-refractivity contribution in [2.75, 3.05) is 0 Å². The summed E-state index contributed by atoms with van der Waals surface area (Å²) in [6.07, 6.45) is 4.51. The first-order valence-electron chi connectivity index (χ1n) is 4.54. The molecular formula is C10H12ClN3. The van der Waals surface area contributed by atoms with E-state index >= 15 is 0 Å². The topological polar surface area (TPSA) is 43.3 Å². The van der Waals surface area contributed by atoms with E-state index < -0.39 is 0 Å². The quantitative estimate of drug-likeness (QED) is 0.821. The maximum Gasteiger partial charge on any atom is 0.136 e. The molecule has 0 aromatic carbocycles. The first-order valence-corrected chi connectivity index (χ1v) is 4.91. The molecule has 0 aliphatic heterocycles. The molecule has 0 aliphatic rings. The van der Waals surface area contributed by atoms with Crippen LogP contribution in [0.1, 0.15) is 12.6 Å². The van der Waals surface area contributed by atoms with Gasteiger partial charge in [-0.15, -0.1) is 0 Å². The highest BCUT2D eigenvalue weighted by molar-refractivity contribution is 6.30. The zero-order chi connectivity index (χ0) is 10.1. The van der Waals surface area contributed by atoms with Gasteiger partial charge in [-0.3, -0.25) is 0 Å². The summed E-state index contributed by atoms with van der Waals surface area (Å²) in [4.78, 5) is 4.26. The molecule has 1 atom stereocenters. The minimum absolute atomic E-state index is 0.133. The lowest BCUT2D eigenvalue weighted by atomic mass is 10.2. The van der Waals surface area contributed by atoms with Gasteiger partial charge < -0.3 is 10.1 Å². The third kappa shape index (κ3) is 1.74. The van der Waals surface area contributed by atoms with Gasteiger partial charge in [0.25, 0.3) is 0 Å². The first kappa shape index (κ1) is 9.49. The number of aromatic nitrogens is 2. The molecule has 2 aromatic heterocycles. The van der Waals surface area contributed by atoms with E-state index in [1.54, 1.807) is 0 Å². The van der Waals surface area contributed by atoms with Crippen LogP contribution >= 0.6 is 11.6 Å². The van der Waals surface area contributed by atoms with Crippen molar-refractivity contribution in [2.45, 2.75) is 19.4 Å². The van der Waals surface area contributed by atoms with Gasteiger partial charge in [0.05, 0.1) is 5.02 Å². The average molecular weight is 210 g/mol. The summed E-state index contributed by atoms with van der Waals surface area (Å²) in [7, 11) is 0. The van der Waals surface area contributed by atoms with Crippen molar-refractivity contribution in [3.8, 4) is 0 Å². The van der Waals surface area contributed by atoms with Gasteiger partial charge in [0.2, 0.25) is 0 Å². The molecule has 0 fully saturated rings. The number of pyridine rings is 1. The van der Waals surface area contributed by atoms with Crippen LogP contribution in [0.4, 0.5) is 0 Å². The molecule has 0 bridgehead atoms. The van der Waals surface area contributed by atoms with Crippen LogP contribution in [0.25, 0.3) is 5.65 Å². The van der Waals surface area contributed by atoms with Crippen molar-refractivity contribution >= 4 is 17.2 Å². The van der Waals surface area contributed by atoms with E-state index in [0.717, 1.165) is 17.8 Å². The Kier molecular flexibility index (Phi) is 2.44. The van der Waals surface area contributed by atoms with Crippen LogP contribution in [0.5, 0.6) is 0 Å². The van der Waals surface area contributed by atoms with Gasteiger partial charge in [0, 0.05) is 30.6 Å². The summed E-state index contributed by atoms with van der Waals surface area (Å²) in [5.41, 5.74) is 7.74. The molecule has 2 aromatic rings. The van der Waals surface area contributed by atoms with Gasteiger partial charge in [-0.2, -0.15) is 0 Å². The molecule has 14 heavy (non-hydrogen) atoms. The van der Waals surface area contributed by atoms with Gasteiger partial charge >= 0.3 is 0 Å². The zero-order valence-electron chi connectivity index (χ0n) is 7.94. The summed E-state index contributed by atoms with van der Waals surface area (Å²) in [6, 6.07) is 3.86. The minimum Gasteiger partial charge on any atom is -0.328 e. The van der Waals surface area contributed by atoms with Crippen molar-refractivity contribution in [1.29, 1.82) is 0 Å². The molecule has 0 radical (unpaired) electrons. The Balaban J connectivity index is 2.50. The van der Waals surface area contributed by atoms with E-state index in [4.69, 9.17) is 17.3 Å². The third-order valence-electron chi connectivity index (χ3n) is 2.08. The SMILES string of the molecule is CC(N)Cc1cnc2ccc(Cl)cn12. The molecule has 0 aliphatic carbocycles. The van der Waals surface area contributed by atoms with Gasteiger partial charge in [0.15, 0.2) is 0 Å². The van der Waals surface area contributed by atoms with Crippen molar-refractivity contribution < 1.29 is 0 Å². The number of imidazole rings is 1. The molecule has 3 nitrogen and oxygen atoms in total. The molecule has 2 heterocycles. The number of nitrogens with zero attached hydrogens (tertiary/aromatic N) is 2. The number of fused-ring (bicyclic) bond motifs is 1. The summed E-state index contributed by atoms with van der Waals surface area (Å²) in [6.45, 7) is 1.98. The Hall–Kier alpha value is -1.06. The van der Waals surface area contributed by atoms with Gasteiger partial charge in [-0.1, -0.05) is 11.6 Å². The molecule has 0 saturated carbocycles. The second kappa shape index (κ2) is 3.59. The molecule has 2 N–H and O–H groups in total. The van der Waals surface area contributed by atoms with Crippen molar-refractivity contribution in [2.24, 2.45) is 5.73 Å². The Morgan fingerprint density at radius 2 is 2.36 bits per heavy atom. The lowest BCUT2D eigenvalue weighted by Crippen LogP contribution is -2.18. The lowest BCUT2D eigenvalue weighted by molar-refractivity contribution is 0.717. The fourth-order valence-electron chi connectivity index (χ4n) is 1.49. The molecule has 74 valence electrons. The van der Waals surface area contributed by atoms with Crippen LogP contribution in [0.3, 0.4) is 0 Å². The molecule has 0 spiro atoms. The molecule has 4 heteroatoms. The van der Waals surface area contributed by atoms with E-state index in [-0.39, 0.29) is 6.04 Å². The van der Waals surface area contributed by atoms with Crippen LogP contribution < -0.4 is 5.73 Å². The van der Waals surface area contributed by atoms with Crippen LogP contribution in [0, 0.1) is 0 Å². The molecule has 2 rings (SSSR count). The number of hydrogen-bond donors (Lipinski definition) is 1. The summed E-state index contributed by atoms with van der Waals surface area (Å²) < 4.78 is 1.98. The number of rotatable bonds is 2. The predicted octanol–water partition coefficient (Wildman–Crippen LogP) is 1.88. The Morgan fingerprint density at radius 3 is 3.07 bits per heavy atom. The van der Waals surface area contributed by atoms with Crippen LogP contribution in [-0.4, -0.2) is 15.4 Å². The van der Waals surface area contributed by atoms with E-state index in [1.807, 2.05) is 35.9 Å². The van der Waals surface area contributed by atoms with Crippen molar-refractivity contribution in [3.63, 3.8) is 0 Å². The van der Waals surface area contributed by atoms with Gasteiger partial charge in [-0.05, 0) is 19.1 Å². The van der Waals surface area contributed by atoms with Crippen molar-refractivity contribution in [1.82, 2.24) is 9.38 Å². The largest absolute Gasteiger partial charge is 0.328 e. The lowest BCUT2D eigenvalue weighted by Gasteiger charge is -2.04. The highest BCUT2D eigenvalue weighted by Crippen LogP contribution is 2.13. The Bertz CT molecular complexity index is 448. The van der Waals surface area contributed by atoms with Crippen LogP contribution in [-0.2, 0) is 6.42 Å². The van der Waals surface area contributed by atoms with Gasteiger partial charge in [-0.25, -0.2) is 4.98 Å². The van der Waals surface area contributed by atoms with Gasteiger partial charge in [0.1, 0.15) is 5.65 Å². The number of nitrogens with two attached hydrogens (primary N) is 1. The second-order valence-corrected chi connectivity index (χ2v) is 3.94. The fraction of sp³-hybridized carbons (Fsp3) is 0.300. The van der Waals surface area contributed by atoms with E-state index in [9.17, 15) is 0 Å². The summed E-state index contributed by atoms with van der Waals surface area (Å²) in [5.74, 6) is 0. The molecule has 0 saturated heterocycles. The number of hydrogen-bond acceptors (Lipinski definition) is 2. The molecular weight excluding hydrogens is 198 g/mol. The molecule has 1 unspecified atom stereocenters. The fourth-order valence-corrected chi connectivity index (χ4v) is 1.65. The maximum atomic E-state index is 5.90. The van der Waals surface area contributed by atoms with E-state index in [0.29, 0.717) is 5.02 Å². The maximum absolute atomic E-state index is 5.90. The normalized spacial score (nSPS) is 13.4. The Labute approximate surface area is 87.5 Å². The standard InChI is InChI=1S/C10H12ClN3/c1-7(12)4-9-5-13-10-3-2-8(11)6-14(9)10/h2-3,5-7H,4,12H2,1H3. The zero-order valence-corrected chi connectivity index (χ0v) is 8.70. The van der Waals surface area contributed by atoms with E-state index in [1.165, 1.54) is 0 Å². The summed E-state index contributed by atoms with van der Waals surface area (Å²) >= 11 is 5.90. The minimum atomic E-state index is 0.133. The number of halogens is 1. The van der Waals surface area contributed by atoms with Crippen LogP contribution in [0.15, 0.2) is 24.5 Å². The van der Waals surface area contributed by atoms with Crippen molar-refractivity contribution in [3.05, 3.63) is 35.2 Å². The smallest absolute Gasteiger partial charge is 0.136 e. The van der Waals surface area contributed by atoms with Crippen LogP contribution in [0.2, 0.25) is 5.02 Å². The first-order chi connectivity index (χ1) is 6.66. The highest BCUT2D eigenvalue weighted by Gasteiger charge is 2.05. The monoisotopic (exact) mass is 209 g/mol. The molecule has 0 amide bonds. The second-order valence-electron chi connectivity index (χ2n) is 3.51. The van der Waals surface area contributed by atoms with E-state index in [2.05, 4.69) is 4.98 Å². The third-order valence-corrected chi connectivity index (χ3v) is 2.30. The Morgan fingerprint density at radius 1 is 1.57 bits per heavy atom.